The second-order valence-electron chi connectivity index (χ2n) is 4.50. The molecule has 0 atom stereocenters. The lowest BCUT2D eigenvalue weighted by molar-refractivity contribution is 0.102. The smallest absolute Gasteiger partial charge is 0.255 e. The molecule has 0 aliphatic carbocycles. The molecule has 0 aromatic heterocycles. The Morgan fingerprint density at radius 1 is 1.24 bits per heavy atom. The van der Waals surface area contributed by atoms with Crippen LogP contribution in [0.3, 0.4) is 0 Å². The number of nitrogens with one attached hydrogen (secondary N) is 1. The Labute approximate surface area is 122 Å². The number of amides is 1. The van der Waals surface area contributed by atoms with Crippen molar-refractivity contribution in [1.29, 1.82) is 5.26 Å². The molecule has 5 heteroatoms. The minimum atomic E-state index is -0.637. The summed E-state index contributed by atoms with van der Waals surface area (Å²) in [6, 6.07) is 12.7. The van der Waals surface area contributed by atoms with Crippen LogP contribution in [0, 0.1) is 17.1 Å². The van der Waals surface area contributed by atoms with Gasteiger partial charge in [-0.05, 0) is 48.9 Å². The summed E-state index contributed by atoms with van der Waals surface area (Å²) in [7, 11) is 0. The summed E-state index contributed by atoms with van der Waals surface area (Å²) in [6.45, 7) is 0.544. The number of hydrogen-bond acceptors (Lipinski definition) is 3. The molecule has 0 aliphatic rings. The van der Waals surface area contributed by atoms with Crippen molar-refractivity contribution in [3.63, 3.8) is 0 Å². The van der Waals surface area contributed by atoms with E-state index in [0.717, 1.165) is 18.1 Å². The average molecular weight is 283 g/mol. The molecule has 3 N–H and O–H groups in total. The fraction of sp³-hybridized carbons (Fsp3) is 0.125. The van der Waals surface area contributed by atoms with Crippen LogP contribution in [-0.4, -0.2) is 12.5 Å². The Balaban J connectivity index is 2.12. The minimum absolute atomic E-state index is 0.0463. The number of nitrogens with two attached hydrogens (primary N) is 1. The van der Waals surface area contributed by atoms with Crippen molar-refractivity contribution in [3.05, 3.63) is 65.0 Å². The fourth-order valence-corrected chi connectivity index (χ4v) is 1.87. The molecule has 0 fully saturated rings. The number of nitrogens with zero attached hydrogens (tertiary/aromatic N) is 1. The molecule has 0 heterocycles. The Hall–Kier alpha value is -2.71. The van der Waals surface area contributed by atoms with E-state index in [1.807, 2.05) is 18.2 Å². The minimum Gasteiger partial charge on any atom is -0.330 e. The third-order valence-electron chi connectivity index (χ3n) is 3.00. The van der Waals surface area contributed by atoms with Crippen LogP contribution < -0.4 is 11.1 Å². The molecular weight excluding hydrogens is 269 g/mol. The van der Waals surface area contributed by atoms with Crippen molar-refractivity contribution in [2.75, 3.05) is 11.9 Å². The molecule has 0 bridgehead atoms. The zero-order valence-electron chi connectivity index (χ0n) is 11.3. The summed E-state index contributed by atoms with van der Waals surface area (Å²) in [6.07, 6.45) is 0.742. The zero-order chi connectivity index (χ0) is 15.2. The van der Waals surface area contributed by atoms with E-state index in [1.165, 1.54) is 12.1 Å². The van der Waals surface area contributed by atoms with Crippen molar-refractivity contribution < 1.29 is 9.18 Å². The number of rotatable bonds is 4. The van der Waals surface area contributed by atoms with E-state index in [4.69, 9.17) is 11.0 Å². The van der Waals surface area contributed by atoms with Gasteiger partial charge in [-0.15, -0.1) is 0 Å². The number of anilines is 1. The molecule has 2 rings (SSSR count). The number of halogens is 1. The van der Waals surface area contributed by atoms with E-state index in [9.17, 15) is 9.18 Å². The molecular formula is C16H14FN3O. The molecule has 0 aliphatic heterocycles. The zero-order valence-corrected chi connectivity index (χ0v) is 11.3. The monoisotopic (exact) mass is 283 g/mol. The van der Waals surface area contributed by atoms with Gasteiger partial charge in [0.25, 0.3) is 5.91 Å². The van der Waals surface area contributed by atoms with Gasteiger partial charge in [-0.25, -0.2) is 4.39 Å². The van der Waals surface area contributed by atoms with Gasteiger partial charge in [-0.2, -0.15) is 5.26 Å². The summed E-state index contributed by atoms with van der Waals surface area (Å²) >= 11 is 0. The fourth-order valence-electron chi connectivity index (χ4n) is 1.87. The van der Waals surface area contributed by atoms with Crippen LogP contribution in [0.5, 0.6) is 0 Å². The predicted molar refractivity (Wildman–Crippen MR) is 78.3 cm³/mol. The lowest BCUT2D eigenvalue weighted by Crippen LogP contribution is -2.13. The van der Waals surface area contributed by atoms with E-state index in [0.29, 0.717) is 12.1 Å². The first-order chi connectivity index (χ1) is 10.1. The van der Waals surface area contributed by atoms with Crippen molar-refractivity contribution in [2.45, 2.75) is 6.42 Å². The highest BCUT2D eigenvalue weighted by molar-refractivity contribution is 6.04. The van der Waals surface area contributed by atoms with Gasteiger partial charge in [-0.1, -0.05) is 12.1 Å². The van der Waals surface area contributed by atoms with Crippen molar-refractivity contribution in [3.8, 4) is 6.07 Å². The molecule has 0 saturated heterocycles. The van der Waals surface area contributed by atoms with E-state index < -0.39 is 11.7 Å². The van der Waals surface area contributed by atoms with E-state index >= 15 is 0 Å². The van der Waals surface area contributed by atoms with Gasteiger partial charge >= 0.3 is 0 Å². The highest BCUT2D eigenvalue weighted by Crippen LogP contribution is 2.16. The van der Waals surface area contributed by atoms with Gasteiger partial charge in [0.1, 0.15) is 5.82 Å². The maximum Gasteiger partial charge on any atom is 0.255 e. The number of benzene rings is 2. The van der Waals surface area contributed by atoms with Crippen LogP contribution in [-0.2, 0) is 6.42 Å². The first kappa shape index (κ1) is 14.7. The van der Waals surface area contributed by atoms with E-state index in [1.54, 1.807) is 12.1 Å². The normalized spacial score (nSPS) is 9.95. The van der Waals surface area contributed by atoms with E-state index in [2.05, 4.69) is 5.32 Å². The molecule has 0 spiro atoms. The van der Waals surface area contributed by atoms with Gasteiger partial charge in [0.15, 0.2) is 0 Å². The summed E-state index contributed by atoms with van der Waals surface area (Å²) < 4.78 is 13.7. The lowest BCUT2D eigenvalue weighted by Gasteiger charge is -2.07. The van der Waals surface area contributed by atoms with Gasteiger partial charge in [-0.3, -0.25) is 4.79 Å². The van der Waals surface area contributed by atoms with Crippen LogP contribution in [0.2, 0.25) is 0 Å². The number of carbonyl (C=O) groups excluding carboxylic acids is 1. The Bertz CT molecular complexity index is 690. The molecule has 0 radical (unpaired) electrons. The number of carbonyl (C=O) groups is 1. The quantitative estimate of drug-likeness (QED) is 0.904. The van der Waals surface area contributed by atoms with Gasteiger partial charge < -0.3 is 11.1 Å². The average Bonchev–Trinajstić information content (AvgIpc) is 2.50. The molecule has 0 unspecified atom stereocenters. The molecule has 2 aromatic carbocycles. The second-order valence-corrected chi connectivity index (χ2v) is 4.50. The van der Waals surface area contributed by atoms with E-state index in [-0.39, 0.29) is 11.3 Å². The van der Waals surface area contributed by atoms with Crippen LogP contribution >= 0.6 is 0 Å². The van der Waals surface area contributed by atoms with Gasteiger partial charge in [0.05, 0.1) is 17.3 Å². The Morgan fingerprint density at radius 3 is 2.52 bits per heavy atom. The molecule has 106 valence electrons. The highest BCUT2D eigenvalue weighted by Gasteiger charge is 2.10. The third kappa shape index (κ3) is 3.65. The topological polar surface area (TPSA) is 78.9 Å². The summed E-state index contributed by atoms with van der Waals surface area (Å²) in [5.41, 5.74) is 7.18. The summed E-state index contributed by atoms with van der Waals surface area (Å²) in [5, 5.41) is 11.2. The molecule has 2 aromatic rings. The van der Waals surface area contributed by atoms with Crippen molar-refractivity contribution >= 4 is 11.6 Å². The first-order valence-electron chi connectivity index (χ1n) is 6.44. The summed E-state index contributed by atoms with van der Waals surface area (Å²) in [4.78, 5) is 12.0. The largest absolute Gasteiger partial charge is 0.330 e. The van der Waals surface area contributed by atoms with Gasteiger partial charge in [0, 0.05) is 5.56 Å². The molecule has 21 heavy (non-hydrogen) atoms. The Kier molecular flexibility index (Phi) is 4.64. The highest BCUT2D eigenvalue weighted by atomic mass is 19.1. The van der Waals surface area contributed by atoms with Crippen LogP contribution in [0.4, 0.5) is 10.1 Å². The first-order valence-corrected chi connectivity index (χ1v) is 6.44. The van der Waals surface area contributed by atoms with Crippen LogP contribution in [0.25, 0.3) is 0 Å². The molecule has 4 nitrogen and oxygen atoms in total. The third-order valence-corrected chi connectivity index (χ3v) is 3.00. The summed E-state index contributed by atoms with van der Waals surface area (Å²) in [5.74, 6) is -1.04. The van der Waals surface area contributed by atoms with Crippen LogP contribution in [0.1, 0.15) is 21.5 Å². The second kappa shape index (κ2) is 6.64. The lowest BCUT2D eigenvalue weighted by atomic mass is 10.1. The molecule has 1 amide bonds. The van der Waals surface area contributed by atoms with Crippen LogP contribution in [0.15, 0.2) is 42.5 Å². The van der Waals surface area contributed by atoms with Gasteiger partial charge in [0.2, 0.25) is 0 Å². The predicted octanol–water partition coefficient (Wildman–Crippen LogP) is 2.45. The Morgan fingerprint density at radius 2 is 1.95 bits per heavy atom. The SMILES string of the molecule is N#Cc1ccc(NC(=O)c2ccc(CCN)cc2)c(F)c1. The number of nitriles is 1. The van der Waals surface area contributed by atoms with Crippen molar-refractivity contribution in [2.24, 2.45) is 5.73 Å². The molecule has 0 saturated carbocycles. The van der Waals surface area contributed by atoms with Crippen molar-refractivity contribution in [1.82, 2.24) is 0 Å². The maximum absolute atomic E-state index is 13.7. The standard InChI is InChI=1S/C16H14FN3O/c17-14-9-12(10-19)3-6-15(14)20-16(21)13-4-1-11(2-5-13)7-8-18/h1-6,9H,7-8,18H2,(H,20,21). The number of hydrogen-bond donors (Lipinski definition) is 2. The maximum atomic E-state index is 13.7.